The monoisotopic (exact) mass is 368 g/mol. The fourth-order valence-corrected chi connectivity index (χ4v) is 3.06. The van der Waals surface area contributed by atoms with Gasteiger partial charge in [0.25, 0.3) is 5.91 Å². The molecule has 3 aromatic heterocycles. The van der Waals surface area contributed by atoms with Gasteiger partial charge in [-0.3, -0.25) is 4.79 Å². The summed E-state index contributed by atoms with van der Waals surface area (Å²) < 4.78 is 12.5. The van der Waals surface area contributed by atoms with Crippen LogP contribution in [0.5, 0.6) is 11.8 Å². The van der Waals surface area contributed by atoms with Crippen LogP contribution in [0.3, 0.4) is 0 Å². The summed E-state index contributed by atoms with van der Waals surface area (Å²) in [7, 11) is 1.53. The number of ether oxygens (including phenoxy) is 2. The Kier molecular flexibility index (Phi) is 4.82. The maximum absolute atomic E-state index is 12.4. The molecule has 0 aliphatic heterocycles. The van der Waals surface area contributed by atoms with Crippen molar-refractivity contribution >= 4 is 11.6 Å². The minimum absolute atomic E-state index is 0.181. The van der Waals surface area contributed by atoms with Crippen LogP contribution < -0.4 is 14.8 Å². The van der Waals surface area contributed by atoms with Crippen molar-refractivity contribution in [2.75, 3.05) is 7.11 Å². The third-order valence-electron chi connectivity index (χ3n) is 4.51. The number of carbonyl (C=O) groups excluding carboxylic acids is 1. The van der Waals surface area contributed by atoms with Gasteiger partial charge in [0.05, 0.1) is 19.2 Å². The number of aromatic nitrogens is 5. The van der Waals surface area contributed by atoms with Gasteiger partial charge in [-0.25, -0.2) is 4.98 Å². The smallest absolute Gasteiger partial charge is 0.253 e. The van der Waals surface area contributed by atoms with E-state index in [1.165, 1.54) is 30.7 Å². The highest BCUT2D eigenvalue weighted by atomic mass is 16.5. The largest absolute Gasteiger partial charge is 0.480 e. The molecule has 0 aromatic carbocycles. The second-order valence-corrected chi connectivity index (χ2v) is 6.35. The Hall–Kier alpha value is -3.23. The number of hydrogen-bond acceptors (Lipinski definition) is 7. The molecular formula is C18H20N6O3. The van der Waals surface area contributed by atoms with E-state index in [4.69, 9.17) is 9.47 Å². The summed E-state index contributed by atoms with van der Waals surface area (Å²) in [6.45, 7) is 0.181. The summed E-state index contributed by atoms with van der Waals surface area (Å²) in [5, 5.41) is 15.1. The summed E-state index contributed by atoms with van der Waals surface area (Å²) in [5.74, 6) is 1.25. The highest BCUT2D eigenvalue weighted by Crippen LogP contribution is 2.22. The van der Waals surface area contributed by atoms with Gasteiger partial charge in [0.2, 0.25) is 11.8 Å². The van der Waals surface area contributed by atoms with Crippen LogP contribution in [0.1, 0.15) is 41.9 Å². The van der Waals surface area contributed by atoms with Crippen LogP contribution in [0.2, 0.25) is 0 Å². The molecule has 0 atom stereocenters. The number of nitrogens with zero attached hydrogens (tertiary/aromatic N) is 5. The zero-order valence-corrected chi connectivity index (χ0v) is 15.0. The molecule has 0 unspecified atom stereocenters. The Balaban J connectivity index is 1.39. The first-order chi connectivity index (χ1) is 13.2. The summed E-state index contributed by atoms with van der Waals surface area (Å²) in [6.07, 6.45) is 6.28. The van der Waals surface area contributed by atoms with Gasteiger partial charge in [-0.2, -0.15) is 4.52 Å². The van der Waals surface area contributed by atoms with E-state index in [0.29, 0.717) is 28.8 Å². The third-order valence-corrected chi connectivity index (χ3v) is 4.51. The van der Waals surface area contributed by atoms with Gasteiger partial charge in [0.15, 0.2) is 11.5 Å². The Morgan fingerprint density at radius 3 is 2.74 bits per heavy atom. The second-order valence-electron chi connectivity index (χ2n) is 6.35. The lowest BCUT2D eigenvalue weighted by atomic mass is 10.2. The quantitative estimate of drug-likeness (QED) is 0.707. The third kappa shape index (κ3) is 3.81. The molecule has 27 heavy (non-hydrogen) atoms. The number of amides is 1. The maximum Gasteiger partial charge on any atom is 0.253 e. The van der Waals surface area contributed by atoms with Crippen LogP contribution in [0.15, 0.2) is 30.5 Å². The first kappa shape index (κ1) is 17.2. The van der Waals surface area contributed by atoms with E-state index in [1.54, 1.807) is 24.3 Å². The molecule has 3 aromatic rings. The number of rotatable bonds is 6. The predicted molar refractivity (Wildman–Crippen MR) is 95.6 cm³/mol. The van der Waals surface area contributed by atoms with Crippen LogP contribution in [0.4, 0.5) is 0 Å². The van der Waals surface area contributed by atoms with Crippen molar-refractivity contribution in [2.45, 2.75) is 38.3 Å². The molecule has 0 radical (unpaired) electrons. The highest BCUT2D eigenvalue weighted by molar-refractivity contribution is 5.93. The molecule has 1 aliphatic carbocycles. The van der Waals surface area contributed by atoms with Gasteiger partial charge in [0.1, 0.15) is 6.10 Å². The first-order valence-corrected chi connectivity index (χ1v) is 8.89. The van der Waals surface area contributed by atoms with Crippen molar-refractivity contribution in [3.05, 3.63) is 41.9 Å². The average molecular weight is 368 g/mol. The van der Waals surface area contributed by atoms with E-state index in [0.717, 1.165) is 12.8 Å². The standard InChI is InChI=1S/C18H20N6O3/c1-26-17-9-7-14-21-22-15(24(14)23-17)11-20-18(25)12-6-8-16(19-10-12)27-13-4-2-3-5-13/h6-10,13H,2-5,11H2,1H3,(H,20,25). The van der Waals surface area contributed by atoms with Gasteiger partial charge in [0, 0.05) is 18.3 Å². The average Bonchev–Trinajstić information content (AvgIpc) is 3.36. The van der Waals surface area contributed by atoms with Crippen LogP contribution in [-0.2, 0) is 6.54 Å². The van der Waals surface area contributed by atoms with Crippen molar-refractivity contribution < 1.29 is 14.3 Å². The molecule has 0 bridgehead atoms. The van der Waals surface area contributed by atoms with E-state index in [1.807, 2.05) is 0 Å². The van der Waals surface area contributed by atoms with E-state index in [2.05, 4.69) is 25.6 Å². The molecule has 1 saturated carbocycles. The van der Waals surface area contributed by atoms with Crippen molar-refractivity contribution in [1.82, 2.24) is 30.1 Å². The molecule has 9 nitrogen and oxygen atoms in total. The topological polar surface area (TPSA) is 104 Å². The fourth-order valence-electron chi connectivity index (χ4n) is 3.06. The molecule has 1 fully saturated rings. The van der Waals surface area contributed by atoms with Gasteiger partial charge in [-0.15, -0.1) is 15.3 Å². The minimum atomic E-state index is -0.255. The van der Waals surface area contributed by atoms with Crippen molar-refractivity contribution in [2.24, 2.45) is 0 Å². The Morgan fingerprint density at radius 2 is 2.00 bits per heavy atom. The normalized spacial score (nSPS) is 14.4. The molecule has 0 spiro atoms. The van der Waals surface area contributed by atoms with Crippen LogP contribution >= 0.6 is 0 Å². The number of pyridine rings is 1. The molecule has 4 rings (SSSR count). The molecule has 140 valence electrons. The lowest BCUT2D eigenvalue weighted by Crippen LogP contribution is -2.24. The SMILES string of the molecule is COc1ccc2nnc(CNC(=O)c3ccc(OC4CCCC4)nc3)n2n1. The lowest BCUT2D eigenvalue weighted by Gasteiger charge is -2.12. The first-order valence-electron chi connectivity index (χ1n) is 8.89. The van der Waals surface area contributed by atoms with E-state index in [-0.39, 0.29) is 18.6 Å². The van der Waals surface area contributed by atoms with Crippen LogP contribution in [-0.4, -0.2) is 43.9 Å². The maximum atomic E-state index is 12.4. The summed E-state index contributed by atoms with van der Waals surface area (Å²) in [6, 6.07) is 6.88. The zero-order chi connectivity index (χ0) is 18.6. The zero-order valence-electron chi connectivity index (χ0n) is 15.0. The molecule has 3 heterocycles. The lowest BCUT2D eigenvalue weighted by molar-refractivity contribution is 0.0949. The number of carbonyl (C=O) groups is 1. The highest BCUT2D eigenvalue weighted by Gasteiger charge is 2.17. The molecule has 1 amide bonds. The summed E-state index contributed by atoms with van der Waals surface area (Å²) >= 11 is 0. The second kappa shape index (κ2) is 7.56. The Labute approximate surface area is 155 Å². The molecular weight excluding hydrogens is 348 g/mol. The van der Waals surface area contributed by atoms with Crippen molar-refractivity contribution in [3.8, 4) is 11.8 Å². The van der Waals surface area contributed by atoms with Gasteiger partial charge < -0.3 is 14.8 Å². The van der Waals surface area contributed by atoms with E-state index >= 15 is 0 Å². The number of methoxy groups -OCH3 is 1. The van der Waals surface area contributed by atoms with Crippen molar-refractivity contribution in [3.63, 3.8) is 0 Å². The van der Waals surface area contributed by atoms with E-state index < -0.39 is 0 Å². The van der Waals surface area contributed by atoms with Gasteiger partial charge in [-0.1, -0.05) is 0 Å². The summed E-state index contributed by atoms with van der Waals surface area (Å²) in [5.41, 5.74) is 1.03. The molecule has 0 saturated heterocycles. The minimum Gasteiger partial charge on any atom is -0.480 e. The Morgan fingerprint density at radius 1 is 1.19 bits per heavy atom. The summed E-state index contributed by atoms with van der Waals surface area (Å²) in [4.78, 5) is 16.6. The Bertz CT molecular complexity index is 934. The van der Waals surface area contributed by atoms with Crippen LogP contribution in [0, 0.1) is 0 Å². The number of fused-ring (bicyclic) bond motifs is 1. The number of nitrogens with one attached hydrogen (secondary N) is 1. The van der Waals surface area contributed by atoms with Gasteiger partial charge >= 0.3 is 0 Å². The predicted octanol–water partition coefficient (Wildman–Crippen LogP) is 1.78. The molecule has 1 N–H and O–H groups in total. The van der Waals surface area contributed by atoms with Gasteiger partial charge in [-0.05, 0) is 37.8 Å². The van der Waals surface area contributed by atoms with Crippen molar-refractivity contribution in [1.29, 1.82) is 0 Å². The van der Waals surface area contributed by atoms with E-state index in [9.17, 15) is 4.79 Å². The van der Waals surface area contributed by atoms with Crippen LogP contribution in [0.25, 0.3) is 5.65 Å². The molecule has 9 heteroatoms. The fraction of sp³-hybridized carbons (Fsp3) is 0.389. The number of hydrogen-bond donors (Lipinski definition) is 1. The molecule has 1 aliphatic rings.